The first-order valence-electron chi connectivity index (χ1n) is 3.96. The van der Waals surface area contributed by atoms with Crippen LogP contribution >= 0.6 is 0 Å². The van der Waals surface area contributed by atoms with E-state index >= 15 is 0 Å². The van der Waals surface area contributed by atoms with Gasteiger partial charge in [-0.25, -0.2) is 4.39 Å². The van der Waals surface area contributed by atoms with Gasteiger partial charge in [-0.15, -0.1) is 0 Å². The van der Waals surface area contributed by atoms with Crippen molar-refractivity contribution in [2.24, 2.45) is 5.73 Å². The summed E-state index contributed by atoms with van der Waals surface area (Å²) in [6.07, 6.45) is -0.00352. The summed E-state index contributed by atoms with van der Waals surface area (Å²) in [5.41, 5.74) is 10.9. The number of nitrogens with two attached hydrogens (primary N) is 2. The zero-order valence-electron chi connectivity index (χ0n) is 7.37. The van der Waals surface area contributed by atoms with Gasteiger partial charge in [0.15, 0.2) is 0 Å². The van der Waals surface area contributed by atoms with E-state index in [9.17, 15) is 9.50 Å². The summed E-state index contributed by atoms with van der Waals surface area (Å²) >= 11 is 0. The van der Waals surface area contributed by atoms with Crippen molar-refractivity contribution in [3.8, 4) is 11.8 Å². The normalized spacial score (nSPS) is 12.1. The Labute approximate surface area is 80.6 Å². The molecule has 14 heavy (non-hydrogen) atoms. The van der Waals surface area contributed by atoms with Crippen LogP contribution in [0.15, 0.2) is 12.1 Å². The second-order valence-corrected chi connectivity index (χ2v) is 2.90. The van der Waals surface area contributed by atoms with Gasteiger partial charge in [-0.1, -0.05) is 0 Å². The largest absolute Gasteiger partial charge is 0.505 e. The van der Waals surface area contributed by atoms with E-state index in [1.807, 2.05) is 6.07 Å². The van der Waals surface area contributed by atoms with Crippen LogP contribution < -0.4 is 11.5 Å². The molecule has 4 nitrogen and oxygen atoms in total. The van der Waals surface area contributed by atoms with Crippen molar-refractivity contribution in [1.29, 1.82) is 5.26 Å². The van der Waals surface area contributed by atoms with Crippen LogP contribution in [-0.4, -0.2) is 5.11 Å². The highest BCUT2D eigenvalue weighted by molar-refractivity contribution is 5.57. The number of phenols is 1. The molecular formula is C9H10FN3O. The molecule has 0 radical (unpaired) electrons. The summed E-state index contributed by atoms with van der Waals surface area (Å²) in [6.45, 7) is 0. The van der Waals surface area contributed by atoms with Crippen LogP contribution in [0.2, 0.25) is 0 Å². The lowest BCUT2D eigenvalue weighted by Crippen LogP contribution is -2.10. The van der Waals surface area contributed by atoms with Crippen molar-refractivity contribution < 1.29 is 9.50 Å². The fourth-order valence-corrected chi connectivity index (χ4v) is 1.13. The number of anilines is 1. The van der Waals surface area contributed by atoms with E-state index in [1.165, 1.54) is 0 Å². The van der Waals surface area contributed by atoms with Gasteiger partial charge in [-0.3, -0.25) is 0 Å². The highest BCUT2D eigenvalue weighted by Crippen LogP contribution is 2.31. The Morgan fingerprint density at radius 2 is 2.21 bits per heavy atom. The van der Waals surface area contributed by atoms with Crippen molar-refractivity contribution in [2.75, 3.05) is 5.73 Å². The molecule has 1 rings (SSSR count). The zero-order valence-corrected chi connectivity index (χ0v) is 7.37. The number of benzene rings is 1. The molecule has 1 unspecified atom stereocenters. The van der Waals surface area contributed by atoms with E-state index < -0.39 is 11.9 Å². The van der Waals surface area contributed by atoms with Crippen molar-refractivity contribution in [2.45, 2.75) is 12.5 Å². The Kier molecular flexibility index (Phi) is 2.89. The van der Waals surface area contributed by atoms with Crippen LogP contribution in [0.1, 0.15) is 18.0 Å². The third-order valence-electron chi connectivity index (χ3n) is 1.84. The minimum Gasteiger partial charge on any atom is -0.505 e. The first-order valence-corrected chi connectivity index (χ1v) is 3.96. The predicted molar refractivity (Wildman–Crippen MR) is 49.6 cm³/mol. The number of hydrogen-bond donors (Lipinski definition) is 3. The maximum Gasteiger partial charge on any atom is 0.143 e. The summed E-state index contributed by atoms with van der Waals surface area (Å²) in [4.78, 5) is 0. The molecule has 0 aliphatic rings. The van der Waals surface area contributed by atoms with E-state index in [-0.39, 0.29) is 23.4 Å². The van der Waals surface area contributed by atoms with E-state index in [0.29, 0.717) is 0 Å². The molecule has 0 fully saturated rings. The number of hydrogen-bond acceptors (Lipinski definition) is 4. The van der Waals surface area contributed by atoms with Crippen LogP contribution in [0.4, 0.5) is 10.1 Å². The monoisotopic (exact) mass is 195 g/mol. The molecule has 0 amide bonds. The predicted octanol–water partition coefficient (Wildman–Crippen LogP) is 1.03. The van der Waals surface area contributed by atoms with E-state index in [2.05, 4.69) is 0 Å². The molecule has 0 spiro atoms. The third kappa shape index (κ3) is 1.92. The minimum atomic E-state index is -0.724. The number of nitriles is 1. The van der Waals surface area contributed by atoms with E-state index in [0.717, 1.165) is 12.1 Å². The minimum absolute atomic E-state index is 0.00352. The Hall–Kier alpha value is -1.80. The molecule has 74 valence electrons. The summed E-state index contributed by atoms with van der Waals surface area (Å²) < 4.78 is 12.9. The maximum absolute atomic E-state index is 12.9. The van der Waals surface area contributed by atoms with E-state index in [4.69, 9.17) is 16.7 Å². The van der Waals surface area contributed by atoms with Crippen LogP contribution in [0.3, 0.4) is 0 Å². The summed E-state index contributed by atoms with van der Waals surface area (Å²) in [5, 5.41) is 17.8. The highest BCUT2D eigenvalue weighted by atomic mass is 19.1. The molecule has 0 aromatic heterocycles. The van der Waals surface area contributed by atoms with Crippen LogP contribution in [-0.2, 0) is 0 Å². The zero-order chi connectivity index (χ0) is 10.7. The fourth-order valence-electron chi connectivity index (χ4n) is 1.13. The molecule has 1 atom stereocenters. The van der Waals surface area contributed by atoms with Gasteiger partial charge in [-0.05, 0) is 6.07 Å². The molecule has 0 bridgehead atoms. The standard InChI is InChI=1S/C9H10FN3O/c10-5-3-6(7(12)1-2-11)9(14)8(13)4-5/h3-4,7,14H,1,12-13H2. The van der Waals surface area contributed by atoms with Crippen molar-refractivity contribution >= 4 is 5.69 Å². The quantitative estimate of drug-likeness (QED) is 0.485. The van der Waals surface area contributed by atoms with Gasteiger partial charge in [0.25, 0.3) is 0 Å². The Morgan fingerprint density at radius 3 is 2.79 bits per heavy atom. The Balaban J connectivity index is 3.14. The van der Waals surface area contributed by atoms with Crippen LogP contribution in [0.5, 0.6) is 5.75 Å². The van der Waals surface area contributed by atoms with Crippen LogP contribution in [0, 0.1) is 17.1 Å². The molecule has 5 N–H and O–H groups in total. The summed E-state index contributed by atoms with van der Waals surface area (Å²) in [6, 6.07) is 3.18. The molecule has 0 heterocycles. The second-order valence-electron chi connectivity index (χ2n) is 2.90. The smallest absolute Gasteiger partial charge is 0.143 e. The number of aromatic hydroxyl groups is 1. The van der Waals surface area contributed by atoms with Crippen molar-refractivity contribution in [3.63, 3.8) is 0 Å². The van der Waals surface area contributed by atoms with Gasteiger partial charge in [-0.2, -0.15) is 5.26 Å². The lowest BCUT2D eigenvalue weighted by molar-refractivity contribution is 0.462. The van der Waals surface area contributed by atoms with Gasteiger partial charge in [0.1, 0.15) is 11.6 Å². The number of nitrogen functional groups attached to an aromatic ring is 1. The molecule has 1 aromatic rings. The molecule has 0 aliphatic carbocycles. The maximum atomic E-state index is 12.9. The molecule has 5 heteroatoms. The Bertz CT molecular complexity index is 386. The second kappa shape index (κ2) is 3.94. The first kappa shape index (κ1) is 10.3. The summed E-state index contributed by atoms with van der Waals surface area (Å²) in [7, 11) is 0. The van der Waals surface area contributed by atoms with Crippen molar-refractivity contribution in [3.05, 3.63) is 23.5 Å². The SMILES string of the molecule is N#CCC(N)c1cc(F)cc(N)c1O. The molecule has 1 aromatic carbocycles. The number of nitrogens with zero attached hydrogens (tertiary/aromatic N) is 1. The lowest BCUT2D eigenvalue weighted by Gasteiger charge is -2.11. The lowest BCUT2D eigenvalue weighted by atomic mass is 10.0. The molecular weight excluding hydrogens is 185 g/mol. The Morgan fingerprint density at radius 1 is 1.57 bits per heavy atom. The van der Waals surface area contributed by atoms with Crippen LogP contribution in [0.25, 0.3) is 0 Å². The van der Waals surface area contributed by atoms with Gasteiger partial charge in [0.05, 0.1) is 18.2 Å². The molecule has 0 aliphatic heterocycles. The summed E-state index contributed by atoms with van der Waals surface area (Å²) in [5.74, 6) is -0.835. The van der Waals surface area contributed by atoms with Gasteiger partial charge in [0, 0.05) is 17.7 Å². The topological polar surface area (TPSA) is 96.1 Å². The fraction of sp³-hybridized carbons (Fsp3) is 0.222. The van der Waals surface area contributed by atoms with E-state index in [1.54, 1.807) is 0 Å². The number of phenolic OH excluding ortho intramolecular Hbond substituents is 1. The van der Waals surface area contributed by atoms with Crippen molar-refractivity contribution in [1.82, 2.24) is 0 Å². The third-order valence-corrected chi connectivity index (χ3v) is 1.84. The van der Waals surface area contributed by atoms with Gasteiger partial charge in [0.2, 0.25) is 0 Å². The molecule has 0 saturated carbocycles. The average molecular weight is 195 g/mol. The van der Waals surface area contributed by atoms with Gasteiger partial charge < -0.3 is 16.6 Å². The average Bonchev–Trinajstić information content (AvgIpc) is 2.11. The first-order chi connectivity index (χ1) is 6.56. The number of rotatable bonds is 2. The highest BCUT2D eigenvalue weighted by Gasteiger charge is 2.14. The number of halogens is 1. The van der Waals surface area contributed by atoms with Gasteiger partial charge >= 0.3 is 0 Å². The molecule has 0 saturated heterocycles.